The lowest BCUT2D eigenvalue weighted by atomic mass is 9.90. The molecule has 2 saturated carbocycles. The molecule has 1 aliphatic heterocycles. The topological polar surface area (TPSA) is 82.0 Å². The predicted molar refractivity (Wildman–Crippen MR) is 91.3 cm³/mol. The molecule has 0 aromatic carbocycles. The maximum atomic E-state index is 10.2. The van der Waals surface area contributed by atoms with Gasteiger partial charge >= 0.3 is 0 Å². The Labute approximate surface area is 143 Å². The van der Waals surface area contributed by atoms with E-state index in [0.29, 0.717) is 17.3 Å². The van der Waals surface area contributed by atoms with E-state index in [9.17, 15) is 15.3 Å². The van der Waals surface area contributed by atoms with Gasteiger partial charge in [-0.25, -0.2) is 0 Å². The molecule has 3 rings (SSSR count). The second kappa shape index (κ2) is 6.81. The predicted octanol–water partition coefficient (Wildman–Crippen LogP) is 1.25. The SMILES string of the molecule is C[C@@H]1O[C@@H](S[C@H]2C[C@H](NC3CCC3)CC2(C)C)[C@@H](O)[C@H](O)[C@@H]1O. The molecule has 3 fully saturated rings. The lowest BCUT2D eigenvalue weighted by molar-refractivity contribution is -0.192. The summed E-state index contributed by atoms with van der Waals surface area (Å²) in [6, 6.07) is 1.22. The van der Waals surface area contributed by atoms with Crippen LogP contribution in [-0.4, -0.2) is 62.5 Å². The Bertz CT molecular complexity index is 417. The van der Waals surface area contributed by atoms with E-state index < -0.39 is 29.9 Å². The van der Waals surface area contributed by atoms with E-state index in [1.165, 1.54) is 19.3 Å². The van der Waals surface area contributed by atoms with Crippen molar-refractivity contribution in [2.45, 2.75) is 100 Å². The van der Waals surface area contributed by atoms with Gasteiger partial charge < -0.3 is 25.4 Å². The van der Waals surface area contributed by atoms with Crippen molar-refractivity contribution in [3.63, 3.8) is 0 Å². The number of rotatable bonds is 4. The van der Waals surface area contributed by atoms with Crippen molar-refractivity contribution >= 4 is 11.8 Å². The summed E-state index contributed by atoms with van der Waals surface area (Å²) in [6.45, 7) is 6.29. The molecule has 0 bridgehead atoms. The highest BCUT2D eigenvalue weighted by molar-refractivity contribution is 8.00. The van der Waals surface area contributed by atoms with E-state index in [-0.39, 0.29) is 5.41 Å². The van der Waals surface area contributed by atoms with Crippen LogP contribution in [0.1, 0.15) is 52.9 Å². The molecule has 23 heavy (non-hydrogen) atoms. The number of nitrogens with one attached hydrogen (secondary N) is 1. The Morgan fingerprint density at radius 1 is 1.04 bits per heavy atom. The molecule has 3 aliphatic rings. The minimum atomic E-state index is -1.13. The van der Waals surface area contributed by atoms with Gasteiger partial charge in [-0.3, -0.25) is 0 Å². The van der Waals surface area contributed by atoms with Gasteiger partial charge in [-0.2, -0.15) is 0 Å². The minimum absolute atomic E-state index is 0.166. The number of aliphatic hydroxyl groups excluding tert-OH is 3. The number of aliphatic hydroxyl groups is 3. The maximum absolute atomic E-state index is 10.2. The van der Waals surface area contributed by atoms with Crippen LogP contribution in [0.4, 0.5) is 0 Å². The summed E-state index contributed by atoms with van der Waals surface area (Å²) in [6.07, 6.45) is 2.46. The standard InChI is InChI=1S/C17H31NO4S/c1-9-13(19)14(20)15(21)16(22-9)23-12-7-11(8-17(12,2)3)18-10-5-4-6-10/h9-16,18-21H,4-8H2,1-3H3/t9-,11-,12-,13+,14+,15-,16-/m0/s1. The largest absolute Gasteiger partial charge is 0.388 e. The third-order valence-corrected chi connectivity index (χ3v) is 7.64. The molecule has 6 heteroatoms. The zero-order valence-electron chi connectivity index (χ0n) is 14.3. The Hall–Kier alpha value is 0.150. The van der Waals surface area contributed by atoms with Gasteiger partial charge in [-0.05, 0) is 38.0 Å². The van der Waals surface area contributed by atoms with Crippen LogP contribution in [0.25, 0.3) is 0 Å². The quantitative estimate of drug-likeness (QED) is 0.614. The zero-order valence-corrected chi connectivity index (χ0v) is 15.1. The van der Waals surface area contributed by atoms with Gasteiger partial charge in [0.2, 0.25) is 0 Å². The number of thioether (sulfide) groups is 1. The average molecular weight is 346 g/mol. The lowest BCUT2D eigenvalue weighted by Crippen LogP contribution is -2.56. The monoisotopic (exact) mass is 345 g/mol. The summed E-state index contributed by atoms with van der Waals surface area (Å²) < 4.78 is 5.77. The molecule has 2 aliphatic carbocycles. The van der Waals surface area contributed by atoms with Gasteiger partial charge in [0.05, 0.1) is 6.10 Å². The summed E-state index contributed by atoms with van der Waals surface area (Å²) in [5, 5.41) is 34.2. The van der Waals surface area contributed by atoms with Crippen LogP contribution in [-0.2, 0) is 4.74 Å². The molecule has 0 radical (unpaired) electrons. The Morgan fingerprint density at radius 2 is 1.74 bits per heavy atom. The van der Waals surface area contributed by atoms with Crippen LogP contribution in [0.15, 0.2) is 0 Å². The number of ether oxygens (including phenoxy) is 1. The Balaban J connectivity index is 1.59. The van der Waals surface area contributed by atoms with Crippen molar-refractivity contribution in [2.75, 3.05) is 0 Å². The fourth-order valence-corrected chi connectivity index (χ4v) is 5.68. The zero-order chi connectivity index (χ0) is 16.8. The maximum Gasteiger partial charge on any atom is 0.132 e. The van der Waals surface area contributed by atoms with Crippen molar-refractivity contribution in [3.8, 4) is 0 Å². The number of hydrogen-bond donors (Lipinski definition) is 4. The van der Waals surface area contributed by atoms with E-state index in [1.807, 2.05) is 0 Å². The summed E-state index contributed by atoms with van der Waals surface area (Å²) in [4.78, 5) is 0. The van der Waals surface area contributed by atoms with Crippen molar-refractivity contribution < 1.29 is 20.1 Å². The second-order valence-corrected chi connectivity index (χ2v) is 9.53. The van der Waals surface area contributed by atoms with Crippen molar-refractivity contribution in [1.82, 2.24) is 5.32 Å². The highest BCUT2D eigenvalue weighted by Gasteiger charge is 2.47. The first-order valence-corrected chi connectivity index (χ1v) is 9.83. The summed E-state index contributed by atoms with van der Waals surface area (Å²) in [7, 11) is 0. The average Bonchev–Trinajstić information content (AvgIpc) is 2.72. The molecule has 1 heterocycles. The van der Waals surface area contributed by atoms with Crippen molar-refractivity contribution in [3.05, 3.63) is 0 Å². The molecule has 7 atom stereocenters. The summed E-state index contributed by atoms with van der Waals surface area (Å²) in [5.74, 6) is 0. The summed E-state index contributed by atoms with van der Waals surface area (Å²) in [5.41, 5.74) is -0.311. The van der Waals surface area contributed by atoms with E-state index in [1.54, 1.807) is 18.7 Å². The van der Waals surface area contributed by atoms with E-state index in [0.717, 1.165) is 12.8 Å². The molecule has 134 valence electrons. The van der Waals surface area contributed by atoms with E-state index in [2.05, 4.69) is 19.2 Å². The second-order valence-electron chi connectivity index (χ2n) is 8.23. The molecule has 4 N–H and O–H groups in total. The van der Waals surface area contributed by atoms with Crippen LogP contribution < -0.4 is 5.32 Å². The van der Waals surface area contributed by atoms with E-state index in [4.69, 9.17) is 4.74 Å². The van der Waals surface area contributed by atoms with Gasteiger partial charge in [-0.1, -0.05) is 20.3 Å². The van der Waals surface area contributed by atoms with Crippen LogP contribution in [0.2, 0.25) is 0 Å². The highest BCUT2D eigenvalue weighted by Crippen LogP contribution is 2.48. The van der Waals surface area contributed by atoms with Crippen LogP contribution in [0.5, 0.6) is 0 Å². The molecule has 0 amide bonds. The van der Waals surface area contributed by atoms with Gasteiger partial charge in [0.1, 0.15) is 23.7 Å². The molecular weight excluding hydrogens is 314 g/mol. The van der Waals surface area contributed by atoms with Gasteiger partial charge in [0.15, 0.2) is 0 Å². The number of hydrogen-bond acceptors (Lipinski definition) is 6. The minimum Gasteiger partial charge on any atom is -0.388 e. The third kappa shape index (κ3) is 3.72. The van der Waals surface area contributed by atoms with Gasteiger partial charge in [-0.15, -0.1) is 11.8 Å². The lowest BCUT2D eigenvalue weighted by Gasteiger charge is -2.41. The highest BCUT2D eigenvalue weighted by atomic mass is 32.2. The normalized spacial score (nSPS) is 47.5. The first-order chi connectivity index (χ1) is 10.8. The first kappa shape index (κ1) is 18.0. The Kier molecular flexibility index (Phi) is 5.31. The molecule has 0 unspecified atom stereocenters. The Morgan fingerprint density at radius 3 is 2.35 bits per heavy atom. The molecule has 1 saturated heterocycles. The van der Waals surface area contributed by atoms with Crippen molar-refractivity contribution in [1.29, 1.82) is 0 Å². The van der Waals surface area contributed by atoms with Crippen molar-refractivity contribution in [2.24, 2.45) is 5.41 Å². The molecular formula is C17H31NO4S. The van der Waals surface area contributed by atoms with Gasteiger partial charge in [0, 0.05) is 17.3 Å². The smallest absolute Gasteiger partial charge is 0.132 e. The molecule has 0 aromatic heterocycles. The first-order valence-electron chi connectivity index (χ1n) is 8.89. The fraction of sp³-hybridized carbons (Fsp3) is 1.00. The van der Waals surface area contributed by atoms with Crippen LogP contribution in [0.3, 0.4) is 0 Å². The van der Waals surface area contributed by atoms with Crippen LogP contribution in [0, 0.1) is 5.41 Å². The third-order valence-electron chi connectivity index (χ3n) is 5.83. The fourth-order valence-electron chi connectivity index (χ4n) is 3.99. The molecule has 0 aromatic rings. The molecule has 5 nitrogen and oxygen atoms in total. The van der Waals surface area contributed by atoms with E-state index >= 15 is 0 Å². The van der Waals surface area contributed by atoms with Gasteiger partial charge in [0.25, 0.3) is 0 Å². The molecule has 0 spiro atoms. The van der Waals surface area contributed by atoms with Crippen LogP contribution >= 0.6 is 11.8 Å². The summed E-state index contributed by atoms with van der Waals surface area (Å²) >= 11 is 1.63.